The van der Waals surface area contributed by atoms with E-state index in [1.165, 1.54) is 25.5 Å². The summed E-state index contributed by atoms with van der Waals surface area (Å²) in [5.41, 5.74) is 1.33. The molecular weight excluding hydrogens is 393 g/mol. The Kier molecular flexibility index (Phi) is 7.07. The van der Waals surface area contributed by atoms with Crippen LogP contribution in [0, 0.1) is 5.82 Å². The van der Waals surface area contributed by atoms with E-state index < -0.39 is 0 Å². The van der Waals surface area contributed by atoms with Gasteiger partial charge >= 0.3 is 0 Å². The Bertz CT molecular complexity index is 873. The minimum atomic E-state index is -0.279. The maximum atomic E-state index is 13.9. The summed E-state index contributed by atoms with van der Waals surface area (Å²) < 4.78 is 19.8. The van der Waals surface area contributed by atoms with Gasteiger partial charge < -0.3 is 19.9 Å². The normalized spacial score (nSPS) is 21.6. The highest BCUT2D eigenvalue weighted by atomic mass is 19.1. The van der Waals surface area contributed by atoms with Crippen LogP contribution in [0.3, 0.4) is 0 Å². The molecule has 0 aromatic heterocycles. The van der Waals surface area contributed by atoms with Crippen molar-refractivity contribution in [3.63, 3.8) is 0 Å². The number of hydrogen-bond donors (Lipinski definition) is 1. The maximum absolute atomic E-state index is 13.9. The molecule has 0 radical (unpaired) electrons. The summed E-state index contributed by atoms with van der Waals surface area (Å²) in [7, 11) is 0. The second-order valence-corrected chi connectivity index (χ2v) is 8.54. The first-order chi connectivity index (χ1) is 15.1. The highest BCUT2D eigenvalue weighted by Crippen LogP contribution is 2.29. The lowest BCUT2D eigenvalue weighted by atomic mass is 10.2. The zero-order valence-corrected chi connectivity index (χ0v) is 18.2. The molecule has 0 saturated carbocycles. The van der Waals surface area contributed by atoms with E-state index >= 15 is 0 Å². The SMILES string of the molecule is CC1CCCN1CCCOc1ccc(N2C(=O)CC[C@H]2CNc2ccccc2F)cc1. The van der Waals surface area contributed by atoms with Gasteiger partial charge in [0.1, 0.15) is 11.6 Å². The summed E-state index contributed by atoms with van der Waals surface area (Å²) >= 11 is 0. The Labute approximate surface area is 184 Å². The van der Waals surface area contributed by atoms with Crippen molar-refractivity contribution in [2.45, 2.75) is 51.1 Å². The highest BCUT2D eigenvalue weighted by molar-refractivity contribution is 5.96. The molecule has 2 atom stereocenters. The molecule has 1 N–H and O–H groups in total. The molecule has 0 bridgehead atoms. The first-order valence-electron chi connectivity index (χ1n) is 11.4. The van der Waals surface area contributed by atoms with E-state index in [0.29, 0.717) is 31.3 Å². The van der Waals surface area contributed by atoms with E-state index in [9.17, 15) is 9.18 Å². The van der Waals surface area contributed by atoms with Crippen molar-refractivity contribution < 1.29 is 13.9 Å². The first-order valence-corrected chi connectivity index (χ1v) is 11.4. The average Bonchev–Trinajstić information content (AvgIpc) is 3.36. The van der Waals surface area contributed by atoms with Crippen molar-refractivity contribution in [1.29, 1.82) is 0 Å². The second kappa shape index (κ2) is 10.1. The lowest BCUT2D eigenvalue weighted by Crippen LogP contribution is -2.37. The van der Waals surface area contributed by atoms with Gasteiger partial charge in [-0.1, -0.05) is 12.1 Å². The van der Waals surface area contributed by atoms with Crippen LogP contribution in [-0.4, -0.2) is 49.1 Å². The molecule has 0 aliphatic carbocycles. The van der Waals surface area contributed by atoms with Crippen molar-refractivity contribution in [1.82, 2.24) is 4.90 Å². The lowest BCUT2D eigenvalue weighted by Gasteiger charge is -2.26. The lowest BCUT2D eigenvalue weighted by molar-refractivity contribution is -0.117. The van der Waals surface area contributed by atoms with Gasteiger partial charge in [-0.25, -0.2) is 4.39 Å². The quantitative estimate of drug-likeness (QED) is 0.592. The Balaban J connectivity index is 1.29. The van der Waals surface area contributed by atoms with Crippen molar-refractivity contribution in [3.05, 3.63) is 54.3 Å². The summed E-state index contributed by atoms with van der Waals surface area (Å²) in [4.78, 5) is 16.9. The topological polar surface area (TPSA) is 44.8 Å². The zero-order chi connectivity index (χ0) is 21.6. The largest absolute Gasteiger partial charge is 0.494 e. The van der Waals surface area contributed by atoms with E-state index in [1.807, 2.05) is 29.2 Å². The standard InChI is InChI=1S/C25H32FN3O2/c1-19-6-4-15-28(19)16-5-17-31-22-12-9-20(10-13-22)29-21(11-14-25(29)30)18-27-24-8-3-2-7-23(24)26/h2-3,7-10,12-13,19,21,27H,4-6,11,14-18H2,1H3/t19?,21-/m0/s1. The van der Waals surface area contributed by atoms with Crippen molar-refractivity contribution in [2.75, 3.05) is 36.5 Å². The minimum Gasteiger partial charge on any atom is -0.494 e. The Morgan fingerprint density at radius 1 is 1.13 bits per heavy atom. The maximum Gasteiger partial charge on any atom is 0.227 e. The predicted octanol–water partition coefficient (Wildman–Crippen LogP) is 4.69. The molecule has 2 aromatic carbocycles. The number of carbonyl (C=O) groups is 1. The molecule has 1 unspecified atom stereocenters. The van der Waals surface area contributed by atoms with E-state index in [2.05, 4.69) is 17.1 Å². The van der Waals surface area contributed by atoms with Gasteiger partial charge in [0, 0.05) is 31.2 Å². The van der Waals surface area contributed by atoms with Crippen LogP contribution in [0.25, 0.3) is 0 Å². The number of ether oxygens (including phenoxy) is 1. The Hall–Kier alpha value is -2.60. The number of anilines is 2. The molecule has 0 spiro atoms. The van der Waals surface area contributed by atoms with Gasteiger partial charge in [-0.3, -0.25) is 4.79 Å². The third-order valence-electron chi connectivity index (χ3n) is 6.39. The van der Waals surface area contributed by atoms with Crippen LogP contribution < -0.4 is 15.0 Å². The third kappa shape index (κ3) is 5.37. The van der Waals surface area contributed by atoms with E-state index in [0.717, 1.165) is 30.8 Å². The monoisotopic (exact) mass is 425 g/mol. The van der Waals surface area contributed by atoms with Crippen LogP contribution in [0.5, 0.6) is 5.75 Å². The summed E-state index contributed by atoms with van der Waals surface area (Å²) in [6.07, 6.45) is 4.88. The molecule has 166 valence electrons. The van der Waals surface area contributed by atoms with Gasteiger partial charge in [-0.2, -0.15) is 0 Å². The van der Waals surface area contributed by atoms with Crippen molar-refractivity contribution in [2.24, 2.45) is 0 Å². The Morgan fingerprint density at radius 2 is 1.94 bits per heavy atom. The van der Waals surface area contributed by atoms with Crippen molar-refractivity contribution in [3.8, 4) is 5.75 Å². The number of carbonyl (C=O) groups excluding carboxylic acids is 1. The molecule has 4 rings (SSSR count). The Morgan fingerprint density at radius 3 is 2.68 bits per heavy atom. The van der Waals surface area contributed by atoms with Crippen LogP contribution in [0.1, 0.15) is 39.0 Å². The highest BCUT2D eigenvalue weighted by Gasteiger charge is 2.32. The number of halogens is 1. The summed E-state index contributed by atoms with van der Waals surface area (Å²) in [5, 5.41) is 3.15. The second-order valence-electron chi connectivity index (χ2n) is 8.54. The van der Waals surface area contributed by atoms with Gasteiger partial charge in [0.25, 0.3) is 0 Å². The summed E-state index contributed by atoms with van der Waals surface area (Å²) in [6, 6.07) is 15.1. The fourth-order valence-corrected chi connectivity index (χ4v) is 4.61. The molecule has 2 aromatic rings. The average molecular weight is 426 g/mol. The number of hydrogen-bond acceptors (Lipinski definition) is 4. The molecule has 2 aliphatic rings. The molecule has 1 amide bonds. The first kappa shape index (κ1) is 21.6. The molecule has 2 heterocycles. The number of likely N-dealkylation sites (tertiary alicyclic amines) is 1. The van der Waals surface area contributed by atoms with Crippen LogP contribution in [0.2, 0.25) is 0 Å². The van der Waals surface area contributed by atoms with Crippen LogP contribution in [-0.2, 0) is 4.79 Å². The molecule has 2 saturated heterocycles. The van der Waals surface area contributed by atoms with Crippen molar-refractivity contribution >= 4 is 17.3 Å². The van der Waals surface area contributed by atoms with Gasteiger partial charge in [0.2, 0.25) is 5.91 Å². The number of nitrogens with one attached hydrogen (secondary N) is 1. The molecule has 5 nitrogen and oxygen atoms in total. The molecule has 2 fully saturated rings. The number of rotatable bonds is 9. The smallest absolute Gasteiger partial charge is 0.227 e. The van der Waals surface area contributed by atoms with Crippen LogP contribution >= 0.6 is 0 Å². The van der Waals surface area contributed by atoms with Crippen LogP contribution in [0.4, 0.5) is 15.8 Å². The molecule has 31 heavy (non-hydrogen) atoms. The van der Waals surface area contributed by atoms with Gasteiger partial charge in [0.05, 0.1) is 18.3 Å². The number of benzene rings is 2. The predicted molar refractivity (Wildman–Crippen MR) is 122 cm³/mol. The fourth-order valence-electron chi connectivity index (χ4n) is 4.61. The number of amides is 1. The number of para-hydroxylation sites is 1. The van der Waals surface area contributed by atoms with E-state index in [1.54, 1.807) is 18.2 Å². The minimum absolute atomic E-state index is 0.00123. The zero-order valence-electron chi connectivity index (χ0n) is 18.2. The number of nitrogens with zero attached hydrogens (tertiary/aromatic N) is 2. The molecule has 2 aliphatic heterocycles. The van der Waals surface area contributed by atoms with Gasteiger partial charge in [-0.05, 0) is 75.5 Å². The fraction of sp³-hybridized carbons (Fsp3) is 0.480. The van der Waals surface area contributed by atoms with Crippen LogP contribution in [0.15, 0.2) is 48.5 Å². The molecular formula is C25H32FN3O2. The third-order valence-corrected chi connectivity index (χ3v) is 6.39. The van der Waals surface area contributed by atoms with Gasteiger partial charge in [-0.15, -0.1) is 0 Å². The summed E-state index contributed by atoms with van der Waals surface area (Å²) in [6.45, 7) is 5.79. The molecule has 6 heteroatoms. The van der Waals surface area contributed by atoms with E-state index in [4.69, 9.17) is 4.74 Å². The van der Waals surface area contributed by atoms with Gasteiger partial charge in [0.15, 0.2) is 0 Å². The summed E-state index contributed by atoms with van der Waals surface area (Å²) in [5.74, 6) is 0.652. The van der Waals surface area contributed by atoms with E-state index in [-0.39, 0.29) is 17.8 Å².